The Morgan fingerprint density at radius 2 is 2.36 bits per heavy atom. The third-order valence-corrected chi connectivity index (χ3v) is 1.68. The molecule has 0 radical (unpaired) electrons. The minimum atomic E-state index is -0.563. The molecule has 0 aliphatic rings. The second-order valence-electron chi connectivity index (χ2n) is 2.60. The Morgan fingerprint density at radius 1 is 1.50 bits per heavy atom. The summed E-state index contributed by atoms with van der Waals surface area (Å²) in [4.78, 5) is 18.4. The van der Waals surface area contributed by atoms with E-state index in [4.69, 9.17) is 5.73 Å². The first-order chi connectivity index (χ1) is 6.77. The number of pyridine rings is 1. The highest BCUT2D eigenvalue weighted by atomic mass is 16.1. The van der Waals surface area contributed by atoms with Gasteiger partial charge in [0, 0.05) is 6.20 Å². The molecule has 2 N–H and O–H groups in total. The molecule has 6 nitrogen and oxygen atoms in total. The van der Waals surface area contributed by atoms with Gasteiger partial charge in [-0.2, -0.15) is 5.10 Å². The minimum Gasteiger partial charge on any atom is -0.364 e. The summed E-state index contributed by atoms with van der Waals surface area (Å²) >= 11 is 0. The van der Waals surface area contributed by atoms with E-state index in [1.165, 1.54) is 23.5 Å². The summed E-state index contributed by atoms with van der Waals surface area (Å²) in [5.41, 5.74) is 6.00. The lowest BCUT2D eigenvalue weighted by atomic mass is 10.3. The summed E-state index contributed by atoms with van der Waals surface area (Å²) < 4.78 is 1.52. The highest BCUT2D eigenvalue weighted by Crippen LogP contribution is 2.05. The lowest BCUT2D eigenvalue weighted by Gasteiger charge is -2.00. The Balaban J connectivity index is 2.46. The highest BCUT2D eigenvalue weighted by Gasteiger charge is 2.03. The van der Waals surface area contributed by atoms with Crippen molar-refractivity contribution in [2.75, 3.05) is 0 Å². The van der Waals surface area contributed by atoms with Crippen LogP contribution in [0.15, 0.2) is 31.0 Å². The van der Waals surface area contributed by atoms with Crippen LogP contribution in [0.25, 0.3) is 5.69 Å². The van der Waals surface area contributed by atoms with Crippen LogP contribution in [-0.4, -0.2) is 25.7 Å². The first-order valence-corrected chi connectivity index (χ1v) is 3.88. The Hall–Kier alpha value is -2.24. The van der Waals surface area contributed by atoms with Gasteiger partial charge in [0.25, 0.3) is 5.91 Å². The summed E-state index contributed by atoms with van der Waals surface area (Å²) in [7, 11) is 0. The van der Waals surface area contributed by atoms with E-state index in [9.17, 15) is 4.79 Å². The fraction of sp³-hybridized carbons (Fsp3) is 0. The third-order valence-electron chi connectivity index (χ3n) is 1.68. The molecule has 0 unspecified atom stereocenters. The average molecular weight is 189 g/mol. The molecule has 0 aromatic carbocycles. The molecule has 1 amide bonds. The molecule has 2 aromatic rings. The first kappa shape index (κ1) is 8.36. The summed E-state index contributed by atoms with van der Waals surface area (Å²) in [5, 5.41) is 3.91. The summed E-state index contributed by atoms with van der Waals surface area (Å²) in [6.07, 6.45) is 4.43. The number of hydrogen-bond donors (Lipinski definition) is 1. The van der Waals surface area contributed by atoms with Gasteiger partial charge in [0.1, 0.15) is 18.3 Å². The number of nitrogens with zero attached hydrogens (tertiary/aromatic N) is 4. The van der Waals surface area contributed by atoms with Crippen LogP contribution in [0.1, 0.15) is 10.5 Å². The molecule has 0 saturated carbocycles. The van der Waals surface area contributed by atoms with Crippen molar-refractivity contribution >= 4 is 5.91 Å². The van der Waals surface area contributed by atoms with Gasteiger partial charge in [-0.25, -0.2) is 9.67 Å². The molecule has 6 heteroatoms. The van der Waals surface area contributed by atoms with Crippen molar-refractivity contribution in [3.8, 4) is 5.69 Å². The first-order valence-electron chi connectivity index (χ1n) is 3.88. The standard InChI is InChI=1S/C8H7N5O/c9-8(14)7-3-6(1-2-11-7)13-5-10-4-12-13/h1-5H,(H2,9,14). The van der Waals surface area contributed by atoms with Crippen LogP contribution in [-0.2, 0) is 0 Å². The van der Waals surface area contributed by atoms with Crippen LogP contribution in [0.4, 0.5) is 0 Å². The molecule has 0 aliphatic carbocycles. The molecule has 0 spiro atoms. The minimum absolute atomic E-state index is 0.206. The molecule has 14 heavy (non-hydrogen) atoms. The van der Waals surface area contributed by atoms with E-state index >= 15 is 0 Å². The number of carbonyl (C=O) groups excluding carboxylic acids is 1. The van der Waals surface area contributed by atoms with E-state index in [-0.39, 0.29) is 5.69 Å². The topological polar surface area (TPSA) is 86.7 Å². The van der Waals surface area contributed by atoms with Crippen molar-refractivity contribution < 1.29 is 4.79 Å². The highest BCUT2D eigenvalue weighted by molar-refractivity contribution is 5.91. The van der Waals surface area contributed by atoms with Gasteiger partial charge in [-0.05, 0) is 12.1 Å². The molecule has 2 aromatic heterocycles. The number of hydrogen-bond acceptors (Lipinski definition) is 4. The van der Waals surface area contributed by atoms with Crippen LogP contribution in [0, 0.1) is 0 Å². The van der Waals surface area contributed by atoms with Crippen LogP contribution < -0.4 is 5.73 Å². The predicted molar refractivity (Wildman–Crippen MR) is 47.7 cm³/mol. The van der Waals surface area contributed by atoms with Crippen LogP contribution >= 0.6 is 0 Å². The average Bonchev–Trinajstić information content (AvgIpc) is 2.71. The predicted octanol–water partition coefficient (Wildman–Crippen LogP) is -0.239. The third kappa shape index (κ3) is 1.45. The zero-order valence-corrected chi connectivity index (χ0v) is 7.16. The van der Waals surface area contributed by atoms with Crippen LogP contribution in [0.5, 0.6) is 0 Å². The van der Waals surface area contributed by atoms with Gasteiger partial charge in [0.05, 0.1) is 5.69 Å². The van der Waals surface area contributed by atoms with Gasteiger partial charge in [-0.3, -0.25) is 9.78 Å². The van der Waals surface area contributed by atoms with Gasteiger partial charge >= 0.3 is 0 Å². The second kappa shape index (κ2) is 3.25. The summed E-state index contributed by atoms with van der Waals surface area (Å²) in [5.74, 6) is -0.563. The van der Waals surface area contributed by atoms with E-state index in [1.807, 2.05) is 0 Å². The molecule has 2 rings (SSSR count). The fourth-order valence-electron chi connectivity index (χ4n) is 1.04. The van der Waals surface area contributed by atoms with E-state index in [0.29, 0.717) is 5.69 Å². The fourth-order valence-corrected chi connectivity index (χ4v) is 1.04. The van der Waals surface area contributed by atoms with Crippen molar-refractivity contribution in [2.24, 2.45) is 5.73 Å². The zero-order valence-electron chi connectivity index (χ0n) is 7.16. The van der Waals surface area contributed by atoms with Crippen LogP contribution in [0.3, 0.4) is 0 Å². The van der Waals surface area contributed by atoms with Crippen molar-refractivity contribution in [3.63, 3.8) is 0 Å². The van der Waals surface area contributed by atoms with Crippen molar-refractivity contribution in [1.82, 2.24) is 19.7 Å². The number of primary amides is 1. The molecule has 0 bridgehead atoms. The Labute approximate surface area is 79.4 Å². The van der Waals surface area contributed by atoms with Gasteiger partial charge < -0.3 is 5.73 Å². The largest absolute Gasteiger partial charge is 0.364 e. The zero-order chi connectivity index (χ0) is 9.97. The van der Waals surface area contributed by atoms with E-state index in [0.717, 1.165) is 0 Å². The van der Waals surface area contributed by atoms with E-state index < -0.39 is 5.91 Å². The van der Waals surface area contributed by atoms with Gasteiger partial charge in [0.2, 0.25) is 0 Å². The summed E-state index contributed by atoms with van der Waals surface area (Å²) in [6, 6.07) is 3.26. The van der Waals surface area contributed by atoms with Gasteiger partial charge in [0.15, 0.2) is 0 Å². The van der Waals surface area contributed by atoms with Gasteiger partial charge in [-0.15, -0.1) is 0 Å². The lowest BCUT2D eigenvalue weighted by Crippen LogP contribution is -2.13. The summed E-state index contributed by atoms with van der Waals surface area (Å²) in [6.45, 7) is 0. The van der Waals surface area contributed by atoms with Crippen LogP contribution in [0.2, 0.25) is 0 Å². The van der Waals surface area contributed by atoms with Gasteiger partial charge in [-0.1, -0.05) is 0 Å². The molecule has 0 saturated heterocycles. The maximum absolute atomic E-state index is 10.8. The molecule has 0 atom stereocenters. The monoisotopic (exact) mass is 189 g/mol. The molecule has 0 fully saturated rings. The Bertz CT molecular complexity index is 451. The van der Waals surface area contributed by atoms with Crippen molar-refractivity contribution in [1.29, 1.82) is 0 Å². The maximum atomic E-state index is 10.8. The lowest BCUT2D eigenvalue weighted by molar-refractivity contribution is 0.0995. The van der Waals surface area contributed by atoms with Crippen molar-refractivity contribution in [2.45, 2.75) is 0 Å². The van der Waals surface area contributed by atoms with Crippen molar-refractivity contribution in [3.05, 3.63) is 36.7 Å². The molecule has 2 heterocycles. The second-order valence-corrected chi connectivity index (χ2v) is 2.60. The number of aromatic nitrogens is 4. The molecular weight excluding hydrogens is 182 g/mol. The Kier molecular flexibility index (Phi) is 1.94. The number of carbonyl (C=O) groups is 1. The van der Waals surface area contributed by atoms with E-state index in [2.05, 4.69) is 15.1 Å². The molecular formula is C8H7N5O. The number of amides is 1. The smallest absolute Gasteiger partial charge is 0.267 e. The number of rotatable bonds is 2. The Morgan fingerprint density at radius 3 is 3.00 bits per heavy atom. The number of nitrogens with two attached hydrogens (primary N) is 1. The SMILES string of the molecule is NC(=O)c1cc(-n2cncn2)ccn1. The normalized spacial score (nSPS) is 10.0. The molecule has 0 aliphatic heterocycles. The quantitative estimate of drug-likeness (QED) is 0.706. The van der Waals surface area contributed by atoms with E-state index in [1.54, 1.807) is 12.1 Å². The molecule has 70 valence electrons. The maximum Gasteiger partial charge on any atom is 0.267 e.